The lowest BCUT2D eigenvalue weighted by molar-refractivity contribution is -0.111. The molecule has 6 nitrogen and oxygen atoms in total. The largest absolute Gasteiger partial charge is 0.497 e. The fourth-order valence-corrected chi connectivity index (χ4v) is 2.87. The summed E-state index contributed by atoms with van der Waals surface area (Å²) in [5.41, 5.74) is 1.40. The first-order valence-corrected chi connectivity index (χ1v) is 10.1. The molecule has 0 aliphatic heterocycles. The Labute approximate surface area is 178 Å². The molecule has 0 bridgehead atoms. The first-order chi connectivity index (χ1) is 14.6. The second-order valence-electron chi connectivity index (χ2n) is 6.71. The number of hydrogen-bond acceptors (Lipinski definition) is 5. The third-order valence-corrected chi connectivity index (χ3v) is 4.54. The Hall–Kier alpha value is -3.15. The first-order valence-electron chi connectivity index (χ1n) is 10.1. The van der Waals surface area contributed by atoms with E-state index < -0.39 is 0 Å². The van der Waals surface area contributed by atoms with Crippen LogP contribution in [0, 0.1) is 0 Å². The molecule has 6 heteroatoms. The van der Waals surface area contributed by atoms with Crippen LogP contribution in [0.4, 0.5) is 5.69 Å². The van der Waals surface area contributed by atoms with Gasteiger partial charge in [-0.15, -0.1) is 0 Å². The number of methoxy groups -OCH3 is 3. The molecule has 1 N–H and O–H groups in total. The summed E-state index contributed by atoms with van der Waals surface area (Å²) >= 11 is 0. The van der Waals surface area contributed by atoms with Crippen molar-refractivity contribution in [2.45, 2.75) is 32.6 Å². The summed E-state index contributed by atoms with van der Waals surface area (Å²) < 4.78 is 21.7. The zero-order valence-corrected chi connectivity index (χ0v) is 18.2. The molecule has 0 saturated heterocycles. The van der Waals surface area contributed by atoms with Crippen LogP contribution in [0.5, 0.6) is 23.0 Å². The van der Waals surface area contributed by atoms with E-state index in [0.29, 0.717) is 35.3 Å². The molecule has 0 aliphatic rings. The molecule has 1 amide bonds. The summed E-state index contributed by atoms with van der Waals surface area (Å²) in [6, 6.07) is 10.8. The van der Waals surface area contributed by atoms with E-state index in [2.05, 4.69) is 12.2 Å². The maximum Gasteiger partial charge on any atom is 0.248 e. The molecule has 0 heterocycles. The van der Waals surface area contributed by atoms with Crippen LogP contribution in [0.3, 0.4) is 0 Å². The van der Waals surface area contributed by atoms with Crippen molar-refractivity contribution in [3.8, 4) is 23.0 Å². The minimum atomic E-state index is -0.270. The monoisotopic (exact) mass is 413 g/mol. The Bertz CT molecular complexity index is 847. The van der Waals surface area contributed by atoms with Gasteiger partial charge in [0.1, 0.15) is 11.5 Å². The van der Waals surface area contributed by atoms with Crippen molar-refractivity contribution in [1.82, 2.24) is 0 Å². The Morgan fingerprint density at radius 3 is 2.40 bits per heavy atom. The molecule has 0 atom stereocenters. The third-order valence-electron chi connectivity index (χ3n) is 4.54. The van der Waals surface area contributed by atoms with Gasteiger partial charge in [-0.1, -0.05) is 32.3 Å². The molecule has 0 unspecified atom stereocenters. The molecule has 162 valence electrons. The van der Waals surface area contributed by atoms with Crippen molar-refractivity contribution >= 4 is 17.7 Å². The van der Waals surface area contributed by atoms with Gasteiger partial charge in [-0.25, -0.2) is 0 Å². The van der Waals surface area contributed by atoms with E-state index in [0.717, 1.165) is 18.4 Å². The Morgan fingerprint density at radius 1 is 0.900 bits per heavy atom. The summed E-state index contributed by atoms with van der Waals surface area (Å²) in [7, 11) is 4.72. The minimum absolute atomic E-state index is 0.270. The smallest absolute Gasteiger partial charge is 0.248 e. The Kier molecular flexibility index (Phi) is 9.58. The maximum atomic E-state index is 12.3. The highest BCUT2D eigenvalue weighted by Gasteiger charge is 2.08. The SMILES string of the molecule is CCCCCCOc1ccc(/C=C/C(=O)Nc2ccc(OC)cc2OC)cc1OC. The summed E-state index contributed by atoms with van der Waals surface area (Å²) in [6.07, 6.45) is 7.78. The number of unbranched alkanes of at least 4 members (excludes halogenated alkanes) is 3. The van der Waals surface area contributed by atoms with Crippen LogP contribution in [0.25, 0.3) is 6.08 Å². The number of amides is 1. The van der Waals surface area contributed by atoms with E-state index in [4.69, 9.17) is 18.9 Å². The van der Waals surface area contributed by atoms with Crippen molar-refractivity contribution in [3.05, 3.63) is 48.0 Å². The number of nitrogens with one attached hydrogen (secondary N) is 1. The summed E-state index contributed by atoms with van der Waals surface area (Å²) in [6.45, 7) is 2.85. The van der Waals surface area contributed by atoms with E-state index in [1.807, 2.05) is 18.2 Å². The van der Waals surface area contributed by atoms with Gasteiger partial charge in [-0.2, -0.15) is 0 Å². The average Bonchev–Trinajstić information content (AvgIpc) is 2.78. The number of benzene rings is 2. The fourth-order valence-electron chi connectivity index (χ4n) is 2.87. The number of rotatable bonds is 12. The average molecular weight is 414 g/mol. The van der Waals surface area contributed by atoms with E-state index in [9.17, 15) is 4.79 Å². The molecule has 0 aliphatic carbocycles. The van der Waals surface area contributed by atoms with Crippen LogP contribution in [-0.2, 0) is 4.79 Å². The third kappa shape index (κ3) is 7.03. The molecule has 0 fully saturated rings. The van der Waals surface area contributed by atoms with Gasteiger partial charge < -0.3 is 24.3 Å². The van der Waals surface area contributed by atoms with Gasteiger partial charge in [0.15, 0.2) is 11.5 Å². The molecule has 0 spiro atoms. The predicted molar refractivity (Wildman–Crippen MR) is 120 cm³/mol. The van der Waals surface area contributed by atoms with Crippen LogP contribution < -0.4 is 24.3 Å². The molecule has 0 radical (unpaired) electrons. The fraction of sp³-hybridized carbons (Fsp3) is 0.375. The van der Waals surface area contributed by atoms with Crippen molar-refractivity contribution in [2.24, 2.45) is 0 Å². The van der Waals surface area contributed by atoms with Crippen LogP contribution in [0.2, 0.25) is 0 Å². The molecule has 2 aromatic rings. The van der Waals surface area contributed by atoms with Crippen LogP contribution in [0.15, 0.2) is 42.5 Å². The molecule has 0 saturated carbocycles. The van der Waals surface area contributed by atoms with E-state index >= 15 is 0 Å². The first kappa shape index (κ1) is 23.1. The van der Waals surface area contributed by atoms with Gasteiger partial charge >= 0.3 is 0 Å². The van der Waals surface area contributed by atoms with Gasteiger partial charge in [0.2, 0.25) is 5.91 Å². The molecule has 2 rings (SSSR count). The molecule has 0 aromatic heterocycles. The van der Waals surface area contributed by atoms with Crippen molar-refractivity contribution in [3.63, 3.8) is 0 Å². The zero-order chi connectivity index (χ0) is 21.8. The van der Waals surface area contributed by atoms with E-state index in [-0.39, 0.29) is 5.91 Å². The summed E-state index contributed by atoms with van der Waals surface area (Å²) in [4.78, 5) is 12.3. The molecule has 30 heavy (non-hydrogen) atoms. The second-order valence-corrected chi connectivity index (χ2v) is 6.71. The van der Waals surface area contributed by atoms with Crippen molar-refractivity contribution < 1.29 is 23.7 Å². The highest BCUT2D eigenvalue weighted by Crippen LogP contribution is 2.30. The van der Waals surface area contributed by atoms with Gasteiger partial charge in [-0.3, -0.25) is 4.79 Å². The zero-order valence-electron chi connectivity index (χ0n) is 18.2. The summed E-state index contributed by atoms with van der Waals surface area (Å²) in [5.74, 6) is 2.26. The van der Waals surface area contributed by atoms with Crippen molar-refractivity contribution in [2.75, 3.05) is 33.3 Å². The standard InChI is InChI=1S/C24H31NO5/c1-5-6-7-8-15-30-21-13-9-18(16-23(21)29-4)10-14-24(26)25-20-12-11-19(27-2)17-22(20)28-3/h9-14,16-17H,5-8,15H2,1-4H3,(H,25,26)/b14-10+. The second kappa shape index (κ2) is 12.4. The summed E-state index contributed by atoms with van der Waals surface area (Å²) in [5, 5.41) is 2.81. The number of ether oxygens (including phenoxy) is 4. The predicted octanol–water partition coefficient (Wildman–Crippen LogP) is 5.32. The number of anilines is 1. The van der Waals surface area contributed by atoms with Crippen molar-refractivity contribution in [1.29, 1.82) is 0 Å². The van der Waals surface area contributed by atoms with Gasteiger partial charge in [-0.05, 0) is 42.3 Å². The van der Waals surface area contributed by atoms with Crippen LogP contribution >= 0.6 is 0 Å². The highest BCUT2D eigenvalue weighted by molar-refractivity contribution is 6.02. The minimum Gasteiger partial charge on any atom is -0.497 e. The molecular formula is C24H31NO5. The highest BCUT2D eigenvalue weighted by atomic mass is 16.5. The van der Waals surface area contributed by atoms with Crippen LogP contribution in [0.1, 0.15) is 38.2 Å². The lowest BCUT2D eigenvalue weighted by atomic mass is 10.2. The molecular weight excluding hydrogens is 382 g/mol. The Balaban J connectivity index is 1.99. The maximum absolute atomic E-state index is 12.3. The Morgan fingerprint density at radius 2 is 1.70 bits per heavy atom. The lowest BCUT2D eigenvalue weighted by Crippen LogP contribution is -2.09. The quantitative estimate of drug-likeness (QED) is 0.377. The van der Waals surface area contributed by atoms with Gasteiger partial charge in [0, 0.05) is 12.1 Å². The van der Waals surface area contributed by atoms with E-state index in [1.165, 1.54) is 18.9 Å². The lowest BCUT2D eigenvalue weighted by Gasteiger charge is -2.11. The van der Waals surface area contributed by atoms with E-state index in [1.54, 1.807) is 45.6 Å². The normalized spacial score (nSPS) is 10.7. The number of carbonyl (C=O) groups is 1. The van der Waals surface area contributed by atoms with Gasteiger partial charge in [0.25, 0.3) is 0 Å². The van der Waals surface area contributed by atoms with Gasteiger partial charge in [0.05, 0.1) is 33.6 Å². The molecule has 2 aromatic carbocycles. The number of carbonyl (C=O) groups excluding carboxylic acids is 1. The number of hydrogen-bond donors (Lipinski definition) is 1. The topological polar surface area (TPSA) is 66.0 Å². The van der Waals surface area contributed by atoms with Crippen LogP contribution in [-0.4, -0.2) is 33.8 Å².